The normalized spacial score (nSPS) is 16.1. The van der Waals surface area contributed by atoms with E-state index in [9.17, 15) is 4.39 Å². The summed E-state index contributed by atoms with van der Waals surface area (Å²) < 4.78 is 13.1. The quantitative estimate of drug-likeness (QED) is 0.812. The predicted molar refractivity (Wildman–Crippen MR) is 60.6 cm³/mol. The number of rotatable bonds is 4. The molecule has 82 valence electrons. The maximum absolute atomic E-state index is 13.1. The molecule has 3 heteroatoms. The topological polar surface area (TPSA) is 15.3 Å². The van der Waals surface area contributed by atoms with Gasteiger partial charge in [0.2, 0.25) is 0 Å². The largest absolute Gasteiger partial charge is 0.371 e. The second-order valence-electron chi connectivity index (χ2n) is 4.04. The first-order chi connectivity index (χ1) is 7.29. The van der Waals surface area contributed by atoms with Crippen molar-refractivity contribution >= 4 is 5.69 Å². The lowest BCUT2D eigenvalue weighted by Gasteiger charge is -2.33. The van der Waals surface area contributed by atoms with E-state index in [0.29, 0.717) is 5.92 Å². The van der Waals surface area contributed by atoms with Gasteiger partial charge in [0.25, 0.3) is 0 Å². The second kappa shape index (κ2) is 4.62. The molecule has 2 rings (SSSR count). The molecule has 1 aliphatic rings. The molecule has 2 nitrogen and oxygen atoms in total. The van der Waals surface area contributed by atoms with Crippen molar-refractivity contribution in [3.05, 3.63) is 30.1 Å². The van der Waals surface area contributed by atoms with Gasteiger partial charge in [0.15, 0.2) is 0 Å². The molecule has 0 saturated carbocycles. The van der Waals surface area contributed by atoms with E-state index in [-0.39, 0.29) is 5.82 Å². The Morgan fingerprint density at radius 3 is 2.80 bits per heavy atom. The Kier molecular flexibility index (Phi) is 3.21. The van der Waals surface area contributed by atoms with E-state index in [0.717, 1.165) is 31.9 Å². The third-order valence-electron chi connectivity index (χ3n) is 2.90. The molecule has 1 aromatic rings. The first-order valence-electron chi connectivity index (χ1n) is 5.51. The van der Waals surface area contributed by atoms with Crippen molar-refractivity contribution in [1.82, 2.24) is 5.32 Å². The highest BCUT2D eigenvalue weighted by atomic mass is 19.1. The van der Waals surface area contributed by atoms with Crippen LogP contribution in [0.5, 0.6) is 0 Å². The van der Waals surface area contributed by atoms with Gasteiger partial charge in [0.1, 0.15) is 5.82 Å². The molecule has 0 atom stereocenters. The molecule has 0 spiro atoms. The number of nitrogens with zero attached hydrogens (tertiary/aromatic N) is 1. The van der Waals surface area contributed by atoms with Crippen molar-refractivity contribution in [1.29, 1.82) is 0 Å². The number of benzene rings is 1. The highest BCUT2D eigenvalue weighted by Gasteiger charge is 2.19. The summed E-state index contributed by atoms with van der Waals surface area (Å²) in [6.07, 6.45) is 0. The fourth-order valence-corrected chi connectivity index (χ4v) is 1.88. The van der Waals surface area contributed by atoms with Crippen molar-refractivity contribution in [3.8, 4) is 0 Å². The van der Waals surface area contributed by atoms with Crippen molar-refractivity contribution in [3.63, 3.8) is 0 Å². The van der Waals surface area contributed by atoms with Crippen LogP contribution < -0.4 is 10.2 Å². The van der Waals surface area contributed by atoms with Crippen LogP contribution in [0, 0.1) is 11.7 Å². The fraction of sp³-hybridized carbons (Fsp3) is 0.500. The molecule has 0 aromatic heterocycles. The summed E-state index contributed by atoms with van der Waals surface area (Å²) in [6.45, 7) is 6.24. The first-order valence-corrected chi connectivity index (χ1v) is 5.51. The molecular formula is C12H17FN2. The number of anilines is 1. The van der Waals surface area contributed by atoms with E-state index >= 15 is 0 Å². The predicted octanol–water partition coefficient (Wildman–Crippen LogP) is 1.87. The molecular weight excluding hydrogens is 191 g/mol. The van der Waals surface area contributed by atoms with E-state index in [2.05, 4.69) is 17.1 Å². The standard InChI is InChI=1S/C12H17FN2/c1-2-15(9-10-7-14-8-10)12-5-3-4-11(13)6-12/h3-6,10,14H,2,7-9H2,1H3. The Morgan fingerprint density at radius 1 is 1.47 bits per heavy atom. The van der Waals surface area contributed by atoms with Crippen molar-refractivity contribution in [2.45, 2.75) is 6.92 Å². The van der Waals surface area contributed by atoms with Gasteiger partial charge < -0.3 is 10.2 Å². The van der Waals surface area contributed by atoms with Gasteiger partial charge in [-0.05, 0) is 25.1 Å². The van der Waals surface area contributed by atoms with Gasteiger partial charge in [-0.15, -0.1) is 0 Å². The van der Waals surface area contributed by atoms with Gasteiger partial charge in [0, 0.05) is 37.8 Å². The molecule has 1 N–H and O–H groups in total. The summed E-state index contributed by atoms with van der Waals surface area (Å²) in [6, 6.07) is 6.84. The zero-order chi connectivity index (χ0) is 10.7. The average molecular weight is 208 g/mol. The van der Waals surface area contributed by atoms with Gasteiger partial charge in [-0.3, -0.25) is 0 Å². The first kappa shape index (κ1) is 10.4. The van der Waals surface area contributed by atoms with E-state index < -0.39 is 0 Å². The highest BCUT2D eigenvalue weighted by Crippen LogP contribution is 2.17. The Morgan fingerprint density at radius 2 is 2.27 bits per heavy atom. The van der Waals surface area contributed by atoms with Gasteiger partial charge in [0.05, 0.1) is 0 Å². The van der Waals surface area contributed by atoms with Crippen LogP contribution in [0.15, 0.2) is 24.3 Å². The summed E-state index contributed by atoms with van der Waals surface area (Å²) in [5.74, 6) is 0.561. The summed E-state index contributed by atoms with van der Waals surface area (Å²) >= 11 is 0. The van der Waals surface area contributed by atoms with Crippen LogP contribution in [0.25, 0.3) is 0 Å². The zero-order valence-electron chi connectivity index (χ0n) is 9.04. The number of hydrogen-bond donors (Lipinski definition) is 1. The maximum Gasteiger partial charge on any atom is 0.125 e. The summed E-state index contributed by atoms with van der Waals surface area (Å²) in [5, 5.41) is 3.25. The fourth-order valence-electron chi connectivity index (χ4n) is 1.88. The number of hydrogen-bond acceptors (Lipinski definition) is 2. The maximum atomic E-state index is 13.1. The van der Waals surface area contributed by atoms with E-state index in [1.165, 1.54) is 6.07 Å². The molecule has 0 unspecified atom stereocenters. The highest BCUT2D eigenvalue weighted by molar-refractivity contribution is 5.46. The zero-order valence-corrected chi connectivity index (χ0v) is 9.04. The minimum absolute atomic E-state index is 0.155. The van der Waals surface area contributed by atoms with Crippen molar-refractivity contribution in [2.24, 2.45) is 5.92 Å². The average Bonchev–Trinajstić information content (AvgIpc) is 2.16. The van der Waals surface area contributed by atoms with Gasteiger partial charge in [-0.25, -0.2) is 4.39 Å². The molecule has 1 fully saturated rings. The molecule has 1 saturated heterocycles. The number of halogens is 1. The van der Waals surface area contributed by atoms with E-state index in [4.69, 9.17) is 0 Å². The monoisotopic (exact) mass is 208 g/mol. The third-order valence-corrected chi connectivity index (χ3v) is 2.90. The minimum Gasteiger partial charge on any atom is -0.371 e. The lowest BCUT2D eigenvalue weighted by molar-refractivity contribution is 0.349. The van der Waals surface area contributed by atoms with Gasteiger partial charge >= 0.3 is 0 Å². The Balaban J connectivity index is 2.04. The smallest absolute Gasteiger partial charge is 0.125 e. The molecule has 0 amide bonds. The van der Waals surface area contributed by atoms with Crippen LogP contribution in [0.1, 0.15) is 6.92 Å². The molecule has 1 aliphatic heterocycles. The van der Waals surface area contributed by atoms with Crippen molar-refractivity contribution < 1.29 is 4.39 Å². The van der Waals surface area contributed by atoms with Gasteiger partial charge in [-0.2, -0.15) is 0 Å². The number of nitrogens with one attached hydrogen (secondary N) is 1. The molecule has 15 heavy (non-hydrogen) atoms. The minimum atomic E-state index is -0.155. The molecule has 1 heterocycles. The molecule has 0 aliphatic carbocycles. The lowest BCUT2D eigenvalue weighted by atomic mass is 10.0. The van der Waals surface area contributed by atoms with Crippen LogP contribution in [0.3, 0.4) is 0 Å². The SMILES string of the molecule is CCN(CC1CNC1)c1cccc(F)c1. The van der Waals surface area contributed by atoms with E-state index in [1.807, 2.05) is 6.07 Å². The lowest BCUT2D eigenvalue weighted by Crippen LogP contribution is -2.48. The third kappa shape index (κ3) is 2.48. The van der Waals surface area contributed by atoms with Crippen LogP contribution in [0.4, 0.5) is 10.1 Å². The summed E-state index contributed by atoms with van der Waals surface area (Å²) in [4.78, 5) is 2.23. The summed E-state index contributed by atoms with van der Waals surface area (Å²) in [7, 11) is 0. The Hall–Kier alpha value is -1.09. The molecule has 0 bridgehead atoms. The Labute approximate surface area is 90.1 Å². The second-order valence-corrected chi connectivity index (χ2v) is 4.04. The van der Waals surface area contributed by atoms with Crippen LogP contribution in [-0.2, 0) is 0 Å². The van der Waals surface area contributed by atoms with Crippen LogP contribution in [-0.4, -0.2) is 26.2 Å². The van der Waals surface area contributed by atoms with Gasteiger partial charge in [-0.1, -0.05) is 6.07 Å². The summed E-state index contributed by atoms with van der Waals surface area (Å²) in [5.41, 5.74) is 0.990. The Bertz CT molecular complexity index is 323. The van der Waals surface area contributed by atoms with E-state index in [1.54, 1.807) is 12.1 Å². The van der Waals surface area contributed by atoms with Crippen LogP contribution >= 0.6 is 0 Å². The molecule has 0 radical (unpaired) electrons. The van der Waals surface area contributed by atoms with Crippen LogP contribution in [0.2, 0.25) is 0 Å². The van der Waals surface area contributed by atoms with Crippen molar-refractivity contribution in [2.75, 3.05) is 31.1 Å². The molecule has 1 aromatic carbocycles.